The van der Waals surface area contributed by atoms with Gasteiger partial charge in [-0.1, -0.05) is 43.1 Å². The molecule has 6 nitrogen and oxygen atoms in total. The summed E-state index contributed by atoms with van der Waals surface area (Å²) in [5, 5.41) is 4.23. The molecular weight excluding hydrogens is 483 g/mol. The number of hydrogen-bond donors (Lipinski definition) is 1. The minimum absolute atomic E-state index is 0.0946. The third-order valence-corrected chi connectivity index (χ3v) is 7.93. The van der Waals surface area contributed by atoms with Crippen LogP contribution in [0.4, 0.5) is 0 Å². The molecule has 2 atom stereocenters. The number of nitrogens with zero attached hydrogens (tertiary/aromatic N) is 3. The first-order valence-corrected chi connectivity index (χ1v) is 13.7. The van der Waals surface area contributed by atoms with E-state index in [0.717, 1.165) is 68.7 Å². The summed E-state index contributed by atoms with van der Waals surface area (Å²) in [6.07, 6.45) is 4.09. The zero-order chi connectivity index (χ0) is 24.9. The van der Waals surface area contributed by atoms with Crippen LogP contribution in [0.25, 0.3) is 11.5 Å². The van der Waals surface area contributed by atoms with Crippen LogP contribution < -0.4 is 5.32 Å². The highest BCUT2D eigenvalue weighted by atomic mass is 35.5. The smallest absolute Gasteiger partial charge is 0.229 e. The van der Waals surface area contributed by atoms with Crippen LogP contribution in [0.15, 0.2) is 22.6 Å². The Labute approximate surface area is 219 Å². The van der Waals surface area contributed by atoms with Crippen molar-refractivity contribution in [1.82, 2.24) is 20.1 Å². The summed E-state index contributed by atoms with van der Waals surface area (Å²) >= 11 is 12.6. The predicted molar refractivity (Wildman–Crippen MR) is 142 cm³/mol. The zero-order valence-electron chi connectivity index (χ0n) is 21.2. The minimum atomic E-state index is 0.0946. The number of aryl methyl sites for hydroxylation is 1. The normalized spacial score (nSPS) is 22.4. The number of amides is 1. The largest absolute Gasteiger partial charge is 0.441 e. The van der Waals surface area contributed by atoms with Crippen molar-refractivity contribution in [2.75, 3.05) is 39.3 Å². The van der Waals surface area contributed by atoms with Crippen molar-refractivity contribution in [1.29, 1.82) is 0 Å². The second-order valence-electron chi connectivity index (χ2n) is 10.5. The third-order valence-electron chi connectivity index (χ3n) is 7.30. The maximum Gasteiger partial charge on any atom is 0.229 e. The number of rotatable bonds is 8. The summed E-state index contributed by atoms with van der Waals surface area (Å²) in [5.74, 6) is 3.08. The molecule has 2 aromatic rings. The van der Waals surface area contributed by atoms with Gasteiger partial charge in [0, 0.05) is 32.1 Å². The van der Waals surface area contributed by atoms with Crippen LogP contribution in [0.3, 0.4) is 0 Å². The number of benzene rings is 1. The Morgan fingerprint density at radius 1 is 1.11 bits per heavy atom. The maximum absolute atomic E-state index is 12.7. The average Bonchev–Trinajstić information content (AvgIpc) is 3.16. The number of oxazole rings is 1. The van der Waals surface area contributed by atoms with Gasteiger partial charge in [0.05, 0.1) is 21.3 Å². The predicted octanol–water partition coefficient (Wildman–Crippen LogP) is 5.65. The summed E-state index contributed by atoms with van der Waals surface area (Å²) in [6.45, 7) is 13.3. The first-order chi connectivity index (χ1) is 16.8. The van der Waals surface area contributed by atoms with E-state index >= 15 is 0 Å². The molecule has 0 saturated carbocycles. The Kier molecular flexibility index (Phi) is 9.14. The van der Waals surface area contributed by atoms with Crippen molar-refractivity contribution < 1.29 is 9.21 Å². The van der Waals surface area contributed by atoms with Gasteiger partial charge >= 0.3 is 0 Å². The molecule has 192 valence electrons. The number of likely N-dealkylation sites (tertiary alicyclic amines) is 2. The summed E-state index contributed by atoms with van der Waals surface area (Å²) in [7, 11) is 0. The van der Waals surface area contributed by atoms with Crippen LogP contribution in [0.5, 0.6) is 0 Å². The highest BCUT2D eigenvalue weighted by molar-refractivity contribution is 6.38. The van der Waals surface area contributed by atoms with Gasteiger partial charge in [0.2, 0.25) is 11.8 Å². The molecule has 2 aliphatic heterocycles. The molecule has 2 fully saturated rings. The second kappa shape index (κ2) is 12.1. The highest BCUT2D eigenvalue weighted by Crippen LogP contribution is 2.35. The summed E-state index contributed by atoms with van der Waals surface area (Å²) in [4.78, 5) is 22.3. The van der Waals surface area contributed by atoms with Gasteiger partial charge in [-0.05, 0) is 76.2 Å². The molecule has 3 heterocycles. The summed E-state index contributed by atoms with van der Waals surface area (Å²) in [6, 6.07) is 5.37. The fourth-order valence-electron chi connectivity index (χ4n) is 5.58. The second-order valence-corrected chi connectivity index (χ2v) is 11.3. The number of halogens is 2. The van der Waals surface area contributed by atoms with Gasteiger partial charge in [-0.3, -0.25) is 9.69 Å². The van der Waals surface area contributed by atoms with Crippen LogP contribution in [-0.4, -0.2) is 60.0 Å². The van der Waals surface area contributed by atoms with Gasteiger partial charge in [-0.15, -0.1) is 0 Å². The van der Waals surface area contributed by atoms with Crippen molar-refractivity contribution in [2.45, 2.75) is 53.0 Å². The molecule has 1 aromatic carbocycles. The third kappa shape index (κ3) is 7.00. The standard InChI is InChI=1S/C27H38Cl2N4O2/c1-18-14-19(2)16-33(15-18)11-5-10-30-26(34)21-8-12-32(13-9-21)17-24-20(3)35-27(31-24)25-22(28)6-4-7-23(25)29/h4,6-7,18-19,21H,5,8-17H2,1-3H3,(H,30,34)/t18-,19+. The van der Waals surface area contributed by atoms with Crippen molar-refractivity contribution in [3.8, 4) is 11.5 Å². The molecule has 0 unspecified atom stereocenters. The molecule has 2 saturated heterocycles. The molecule has 1 N–H and O–H groups in total. The summed E-state index contributed by atoms with van der Waals surface area (Å²) < 4.78 is 5.90. The summed E-state index contributed by atoms with van der Waals surface area (Å²) in [5.41, 5.74) is 1.52. The maximum atomic E-state index is 12.7. The number of piperidine rings is 2. The lowest BCUT2D eigenvalue weighted by molar-refractivity contribution is -0.126. The molecule has 8 heteroatoms. The Bertz CT molecular complexity index is 973. The molecule has 1 amide bonds. The van der Waals surface area contributed by atoms with Crippen molar-refractivity contribution in [2.24, 2.45) is 17.8 Å². The highest BCUT2D eigenvalue weighted by Gasteiger charge is 2.27. The van der Waals surface area contributed by atoms with E-state index in [1.54, 1.807) is 18.2 Å². The number of hydrogen-bond acceptors (Lipinski definition) is 5. The van der Waals surface area contributed by atoms with E-state index < -0.39 is 0 Å². The lowest BCUT2D eigenvalue weighted by atomic mass is 9.92. The lowest BCUT2D eigenvalue weighted by Gasteiger charge is -2.35. The Morgan fingerprint density at radius 2 is 1.77 bits per heavy atom. The van der Waals surface area contributed by atoms with Crippen molar-refractivity contribution in [3.63, 3.8) is 0 Å². The van der Waals surface area contributed by atoms with E-state index in [-0.39, 0.29) is 11.8 Å². The van der Waals surface area contributed by atoms with E-state index in [0.29, 0.717) is 28.0 Å². The van der Waals surface area contributed by atoms with Gasteiger partial charge in [0.15, 0.2) is 0 Å². The van der Waals surface area contributed by atoms with Crippen LogP contribution in [0.1, 0.15) is 51.0 Å². The van der Waals surface area contributed by atoms with Gasteiger partial charge < -0.3 is 14.6 Å². The molecule has 4 rings (SSSR count). The molecule has 35 heavy (non-hydrogen) atoms. The Morgan fingerprint density at radius 3 is 2.43 bits per heavy atom. The molecule has 2 aliphatic rings. The van der Waals surface area contributed by atoms with Gasteiger partial charge in [-0.2, -0.15) is 0 Å². The molecule has 1 aromatic heterocycles. The topological polar surface area (TPSA) is 61.6 Å². The Hall–Kier alpha value is -1.60. The zero-order valence-corrected chi connectivity index (χ0v) is 22.7. The average molecular weight is 522 g/mol. The molecule has 0 spiro atoms. The minimum Gasteiger partial charge on any atom is -0.441 e. The fraction of sp³-hybridized carbons (Fsp3) is 0.630. The van der Waals surface area contributed by atoms with Crippen molar-refractivity contribution >= 4 is 29.1 Å². The number of carbonyl (C=O) groups excluding carboxylic acids is 1. The molecular formula is C27H38Cl2N4O2. The van der Waals surface area contributed by atoms with E-state index in [1.165, 1.54) is 19.5 Å². The first kappa shape index (κ1) is 26.5. The van der Waals surface area contributed by atoms with Crippen LogP contribution in [-0.2, 0) is 11.3 Å². The van der Waals surface area contributed by atoms with Gasteiger partial charge in [0.1, 0.15) is 5.76 Å². The lowest BCUT2D eigenvalue weighted by Crippen LogP contribution is -2.42. The quantitative estimate of drug-likeness (QED) is 0.455. The van der Waals surface area contributed by atoms with E-state index in [2.05, 4.69) is 33.9 Å². The van der Waals surface area contributed by atoms with Crippen LogP contribution in [0.2, 0.25) is 10.0 Å². The first-order valence-electron chi connectivity index (χ1n) is 12.9. The van der Waals surface area contributed by atoms with E-state index in [1.807, 2.05) is 6.92 Å². The molecule has 0 radical (unpaired) electrons. The SMILES string of the molecule is Cc1oc(-c2c(Cl)cccc2Cl)nc1CN1CCC(C(=O)NCCCN2C[C@H](C)C[C@H](C)C2)CC1. The monoisotopic (exact) mass is 520 g/mol. The van der Waals surface area contributed by atoms with Crippen molar-refractivity contribution in [3.05, 3.63) is 39.7 Å². The van der Waals surface area contributed by atoms with Crippen LogP contribution in [0, 0.1) is 24.7 Å². The number of carbonyl (C=O) groups is 1. The fourth-order valence-corrected chi connectivity index (χ4v) is 6.14. The Balaban J connectivity index is 1.20. The van der Waals surface area contributed by atoms with Crippen LogP contribution >= 0.6 is 23.2 Å². The number of nitrogens with one attached hydrogen (secondary N) is 1. The van der Waals surface area contributed by atoms with E-state index in [9.17, 15) is 4.79 Å². The van der Waals surface area contributed by atoms with Gasteiger partial charge in [0.25, 0.3) is 0 Å². The van der Waals surface area contributed by atoms with Gasteiger partial charge in [-0.25, -0.2) is 4.98 Å². The number of aromatic nitrogens is 1. The molecule has 0 bridgehead atoms. The van der Waals surface area contributed by atoms with E-state index in [4.69, 9.17) is 27.6 Å². The molecule has 0 aliphatic carbocycles.